The van der Waals surface area contributed by atoms with Gasteiger partial charge in [0.05, 0.1) is 23.7 Å². The number of hydrogen-bond acceptors (Lipinski definition) is 5. The van der Waals surface area contributed by atoms with E-state index in [4.69, 9.17) is 0 Å². The molecule has 110 valence electrons. The third-order valence-corrected chi connectivity index (χ3v) is 3.03. The Morgan fingerprint density at radius 3 is 2.50 bits per heavy atom. The summed E-state index contributed by atoms with van der Waals surface area (Å²) in [5.41, 5.74) is -0.612. The summed E-state index contributed by atoms with van der Waals surface area (Å²) in [5.74, 6) is -1.84. The van der Waals surface area contributed by atoms with E-state index in [0.717, 1.165) is 32.1 Å². The van der Waals surface area contributed by atoms with E-state index in [1.807, 2.05) is 13.8 Å². The average molecular weight is 284 g/mol. The van der Waals surface area contributed by atoms with Gasteiger partial charge in [-0.3, -0.25) is 10.1 Å². The van der Waals surface area contributed by atoms with Gasteiger partial charge >= 0.3 is 5.97 Å². The van der Waals surface area contributed by atoms with E-state index in [1.165, 1.54) is 0 Å². The predicted octanol–water partition coefficient (Wildman–Crippen LogP) is 3.12. The Morgan fingerprint density at radius 2 is 2.05 bits per heavy atom. The van der Waals surface area contributed by atoms with Crippen molar-refractivity contribution in [1.82, 2.24) is 0 Å². The molecule has 1 rings (SSSR count). The van der Waals surface area contributed by atoms with Crippen molar-refractivity contribution < 1.29 is 18.8 Å². The van der Waals surface area contributed by atoms with Gasteiger partial charge in [0.15, 0.2) is 0 Å². The normalized spacial score (nSPS) is 10.4. The van der Waals surface area contributed by atoms with Crippen LogP contribution in [0.2, 0.25) is 0 Å². The van der Waals surface area contributed by atoms with Crippen LogP contribution in [-0.2, 0) is 4.74 Å². The fourth-order valence-corrected chi connectivity index (χ4v) is 1.81. The van der Waals surface area contributed by atoms with Gasteiger partial charge in [-0.25, -0.2) is 9.18 Å². The van der Waals surface area contributed by atoms with E-state index in [-0.39, 0.29) is 17.3 Å². The molecule has 0 amide bonds. The highest BCUT2D eigenvalue weighted by atomic mass is 19.1. The third-order valence-electron chi connectivity index (χ3n) is 3.03. The molecule has 1 aromatic rings. The van der Waals surface area contributed by atoms with E-state index in [9.17, 15) is 19.3 Å². The van der Waals surface area contributed by atoms with Crippen LogP contribution in [-0.4, -0.2) is 24.0 Å². The SMILES string of the molecule is CCC(CC)Nc1cc(C(=O)OC)c(F)cc1[N+](=O)[O-]. The van der Waals surface area contributed by atoms with Crippen LogP contribution in [0.1, 0.15) is 37.0 Å². The van der Waals surface area contributed by atoms with Crippen molar-refractivity contribution in [2.24, 2.45) is 0 Å². The molecule has 0 atom stereocenters. The third kappa shape index (κ3) is 3.43. The first-order valence-corrected chi connectivity index (χ1v) is 6.27. The van der Waals surface area contributed by atoms with Gasteiger partial charge in [0.1, 0.15) is 11.5 Å². The zero-order chi connectivity index (χ0) is 15.3. The van der Waals surface area contributed by atoms with Crippen molar-refractivity contribution in [1.29, 1.82) is 0 Å². The summed E-state index contributed by atoms with van der Waals surface area (Å²) in [5, 5.41) is 13.9. The minimum absolute atomic E-state index is 0.00431. The molecule has 0 radical (unpaired) electrons. The lowest BCUT2D eigenvalue weighted by Crippen LogP contribution is -2.18. The number of ether oxygens (including phenoxy) is 1. The van der Waals surface area contributed by atoms with Crippen LogP contribution >= 0.6 is 0 Å². The van der Waals surface area contributed by atoms with Gasteiger partial charge in [-0.15, -0.1) is 0 Å². The van der Waals surface area contributed by atoms with E-state index in [0.29, 0.717) is 0 Å². The number of carbonyl (C=O) groups excluding carboxylic acids is 1. The maximum Gasteiger partial charge on any atom is 0.340 e. The van der Waals surface area contributed by atoms with Crippen molar-refractivity contribution in [3.05, 3.63) is 33.6 Å². The molecule has 0 aromatic heterocycles. The summed E-state index contributed by atoms with van der Waals surface area (Å²) in [6.45, 7) is 3.86. The highest BCUT2D eigenvalue weighted by Crippen LogP contribution is 2.29. The first kappa shape index (κ1) is 15.9. The van der Waals surface area contributed by atoms with Gasteiger partial charge < -0.3 is 10.1 Å². The molecule has 7 heteroatoms. The number of nitrogens with zero attached hydrogens (tertiary/aromatic N) is 1. The van der Waals surface area contributed by atoms with Gasteiger partial charge in [-0.2, -0.15) is 0 Å². The van der Waals surface area contributed by atoms with Crippen LogP contribution < -0.4 is 5.32 Å². The molecule has 0 fully saturated rings. The molecule has 0 aliphatic heterocycles. The maximum absolute atomic E-state index is 13.7. The number of methoxy groups -OCH3 is 1. The summed E-state index contributed by atoms with van der Waals surface area (Å²) >= 11 is 0. The number of nitro benzene ring substituents is 1. The van der Waals surface area contributed by atoms with Crippen LogP contribution in [0.5, 0.6) is 0 Å². The molecular formula is C13H17FN2O4. The molecule has 0 saturated carbocycles. The first-order chi connectivity index (χ1) is 9.44. The molecule has 0 unspecified atom stereocenters. The second-order valence-electron chi connectivity index (χ2n) is 4.26. The van der Waals surface area contributed by atoms with Crippen molar-refractivity contribution >= 4 is 17.3 Å². The lowest BCUT2D eigenvalue weighted by molar-refractivity contribution is -0.384. The Kier molecular flexibility index (Phi) is 5.42. The Morgan fingerprint density at radius 1 is 1.45 bits per heavy atom. The smallest absolute Gasteiger partial charge is 0.340 e. The number of esters is 1. The summed E-state index contributed by atoms with van der Waals surface area (Å²) in [6.07, 6.45) is 1.50. The highest BCUT2D eigenvalue weighted by molar-refractivity contribution is 5.92. The summed E-state index contributed by atoms with van der Waals surface area (Å²) in [7, 11) is 1.12. The molecule has 0 aliphatic rings. The largest absolute Gasteiger partial charge is 0.465 e. The molecule has 0 saturated heterocycles. The van der Waals surface area contributed by atoms with Crippen LogP contribution in [0.3, 0.4) is 0 Å². The average Bonchev–Trinajstić information content (AvgIpc) is 2.44. The number of carbonyl (C=O) groups is 1. The number of anilines is 1. The molecule has 6 nitrogen and oxygen atoms in total. The standard InChI is InChI=1S/C13H17FN2O4/c1-4-8(5-2)15-11-6-9(13(17)20-3)10(14)7-12(11)16(18)19/h6-8,15H,4-5H2,1-3H3. The van der Waals surface area contributed by atoms with Crippen molar-refractivity contribution in [3.8, 4) is 0 Å². The minimum atomic E-state index is -0.973. The number of benzene rings is 1. The molecular weight excluding hydrogens is 267 g/mol. The molecule has 0 spiro atoms. The van der Waals surface area contributed by atoms with Gasteiger partial charge in [0.25, 0.3) is 5.69 Å². The molecule has 1 N–H and O–H groups in total. The van der Waals surface area contributed by atoms with Gasteiger partial charge in [-0.1, -0.05) is 13.8 Å². The van der Waals surface area contributed by atoms with Crippen molar-refractivity contribution in [2.75, 3.05) is 12.4 Å². The molecule has 20 heavy (non-hydrogen) atoms. The minimum Gasteiger partial charge on any atom is -0.465 e. The molecule has 0 aliphatic carbocycles. The van der Waals surface area contributed by atoms with Crippen LogP contribution in [0.15, 0.2) is 12.1 Å². The maximum atomic E-state index is 13.7. The molecule has 0 bridgehead atoms. The summed E-state index contributed by atoms with van der Waals surface area (Å²) < 4.78 is 18.1. The highest BCUT2D eigenvalue weighted by Gasteiger charge is 2.23. The second kappa shape index (κ2) is 6.83. The van der Waals surface area contributed by atoms with Crippen molar-refractivity contribution in [3.63, 3.8) is 0 Å². The fourth-order valence-electron chi connectivity index (χ4n) is 1.81. The van der Waals surface area contributed by atoms with Gasteiger partial charge in [0.2, 0.25) is 0 Å². The number of nitrogens with one attached hydrogen (secondary N) is 1. The summed E-state index contributed by atoms with van der Waals surface area (Å²) in [4.78, 5) is 21.7. The van der Waals surface area contributed by atoms with Crippen molar-refractivity contribution in [2.45, 2.75) is 32.7 Å². The monoisotopic (exact) mass is 284 g/mol. The lowest BCUT2D eigenvalue weighted by atomic mass is 10.1. The van der Waals surface area contributed by atoms with E-state index in [2.05, 4.69) is 10.1 Å². The topological polar surface area (TPSA) is 81.5 Å². The number of hydrogen-bond donors (Lipinski definition) is 1. The van der Waals surface area contributed by atoms with Crippen LogP contribution in [0.25, 0.3) is 0 Å². The van der Waals surface area contributed by atoms with Gasteiger partial charge in [0, 0.05) is 6.04 Å². The van der Waals surface area contributed by atoms with Gasteiger partial charge in [-0.05, 0) is 18.9 Å². The predicted molar refractivity (Wildman–Crippen MR) is 72.4 cm³/mol. The lowest BCUT2D eigenvalue weighted by Gasteiger charge is -2.17. The molecule has 1 aromatic carbocycles. The van der Waals surface area contributed by atoms with Crippen LogP contribution in [0.4, 0.5) is 15.8 Å². The Bertz CT molecular complexity index is 515. The van der Waals surface area contributed by atoms with E-state index in [1.54, 1.807) is 0 Å². The Balaban J connectivity index is 3.30. The number of halogens is 1. The Labute approximate surface area is 116 Å². The zero-order valence-corrected chi connectivity index (χ0v) is 11.6. The van der Waals surface area contributed by atoms with Crippen LogP contribution in [0, 0.1) is 15.9 Å². The quantitative estimate of drug-likeness (QED) is 0.493. The van der Waals surface area contributed by atoms with E-state index < -0.39 is 22.4 Å². The number of nitro groups is 1. The Hall–Kier alpha value is -2.18. The fraction of sp³-hybridized carbons (Fsp3) is 0.462. The zero-order valence-electron chi connectivity index (χ0n) is 11.6. The first-order valence-electron chi connectivity index (χ1n) is 6.27. The van der Waals surface area contributed by atoms with E-state index >= 15 is 0 Å². The number of rotatable bonds is 6. The molecule has 0 heterocycles. The summed E-state index contributed by atoms with van der Waals surface area (Å²) in [6, 6.07) is 1.86. The second-order valence-corrected chi connectivity index (χ2v) is 4.26.